The molecule has 1 N–H and O–H groups in total. The first-order valence-electron chi connectivity index (χ1n) is 11.0. The van der Waals surface area contributed by atoms with E-state index in [-0.39, 0.29) is 12.1 Å². The summed E-state index contributed by atoms with van der Waals surface area (Å²) in [5.41, 5.74) is 3.54. The van der Waals surface area contributed by atoms with Gasteiger partial charge in [-0.15, -0.1) is 0 Å². The van der Waals surface area contributed by atoms with Crippen LogP contribution in [-0.2, 0) is 6.61 Å². The van der Waals surface area contributed by atoms with E-state index in [0.29, 0.717) is 13.2 Å². The normalized spacial score (nSPS) is 17.3. The minimum atomic E-state index is 0.0912. The van der Waals surface area contributed by atoms with Crippen LogP contribution in [0.3, 0.4) is 0 Å². The van der Waals surface area contributed by atoms with Crippen molar-refractivity contribution in [2.45, 2.75) is 32.0 Å². The fraction of sp³-hybridized carbons (Fsp3) is 0.231. The quantitative estimate of drug-likeness (QED) is 0.429. The summed E-state index contributed by atoms with van der Waals surface area (Å²) in [5.74, 6) is 2.52. The molecule has 4 aromatic rings. The molecule has 0 fully saturated rings. The smallest absolute Gasteiger partial charge is 0.222 e. The highest BCUT2D eigenvalue weighted by Gasteiger charge is 2.29. The Kier molecular flexibility index (Phi) is 5.75. The maximum atomic E-state index is 5.95. The summed E-state index contributed by atoms with van der Waals surface area (Å²) in [7, 11) is 0. The molecule has 1 aromatic heterocycles. The number of benzene rings is 3. The van der Waals surface area contributed by atoms with E-state index in [1.165, 1.54) is 11.1 Å². The van der Waals surface area contributed by atoms with Gasteiger partial charge in [-0.25, -0.2) is 4.68 Å². The number of aromatic nitrogens is 3. The van der Waals surface area contributed by atoms with E-state index >= 15 is 0 Å². The van der Waals surface area contributed by atoms with E-state index in [1.54, 1.807) is 6.33 Å². The molecule has 2 atom stereocenters. The maximum absolute atomic E-state index is 5.95. The van der Waals surface area contributed by atoms with Crippen molar-refractivity contribution in [3.8, 4) is 11.5 Å². The van der Waals surface area contributed by atoms with E-state index < -0.39 is 0 Å². The Morgan fingerprint density at radius 1 is 0.875 bits per heavy atom. The third-order valence-corrected chi connectivity index (χ3v) is 5.74. The zero-order chi connectivity index (χ0) is 21.8. The first-order chi connectivity index (χ1) is 15.8. The van der Waals surface area contributed by atoms with Crippen molar-refractivity contribution >= 4 is 5.95 Å². The van der Waals surface area contributed by atoms with Gasteiger partial charge >= 0.3 is 0 Å². The Morgan fingerprint density at radius 3 is 2.28 bits per heavy atom. The highest BCUT2D eigenvalue weighted by molar-refractivity contribution is 5.40. The largest absolute Gasteiger partial charge is 0.494 e. The van der Waals surface area contributed by atoms with Gasteiger partial charge < -0.3 is 14.8 Å². The Bertz CT molecular complexity index is 1140. The molecule has 3 aromatic carbocycles. The molecule has 32 heavy (non-hydrogen) atoms. The van der Waals surface area contributed by atoms with E-state index in [1.807, 2.05) is 54.1 Å². The van der Waals surface area contributed by atoms with Crippen molar-refractivity contribution < 1.29 is 9.47 Å². The van der Waals surface area contributed by atoms with Gasteiger partial charge in [-0.3, -0.25) is 0 Å². The lowest BCUT2D eigenvalue weighted by molar-refractivity contribution is 0.306. The van der Waals surface area contributed by atoms with Crippen LogP contribution >= 0.6 is 0 Å². The van der Waals surface area contributed by atoms with Crippen molar-refractivity contribution in [3.63, 3.8) is 0 Å². The van der Waals surface area contributed by atoms with Gasteiger partial charge in [0.05, 0.1) is 18.7 Å². The molecule has 0 saturated heterocycles. The molecule has 0 radical (unpaired) electrons. The average molecular weight is 427 g/mol. The second-order valence-electron chi connectivity index (χ2n) is 7.82. The van der Waals surface area contributed by atoms with Crippen LogP contribution in [0.15, 0.2) is 85.2 Å². The molecule has 2 heterocycles. The summed E-state index contributed by atoms with van der Waals surface area (Å²) in [6.07, 6.45) is 2.47. The van der Waals surface area contributed by atoms with Crippen molar-refractivity contribution in [3.05, 3.63) is 102 Å². The number of ether oxygens (including phenoxy) is 2. The third-order valence-electron chi connectivity index (χ3n) is 5.74. The molecule has 0 saturated carbocycles. The molecule has 1 aliphatic rings. The van der Waals surface area contributed by atoms with Crippen LogP contribution in [0, 0.1) is 0 Å². The fourth-order valence-electron chi connectivity index (χ4n) is 4.11. The summed E-state index contributed by atoms with van der Waals surface area (Å²) in [6.45, 7) is 3.21. The summed E-state index contributed by atoms with van der Waals surface area (Å²) in [4.78, 5) is 4.43. The molecule has 6 heteroatoms. The van der Waals surface area contributed by atoms with Crippen LogP contribution in [0.1, 0.15) is 42.1 Å². The van der Waals surface area contributed by atoms with Crippen LogP contribution in [-0.4, -0.2) is 21.4 Å². The lowest BCUT2D eigenvalue weighted by Gasteiger charge is -2.32. The monoisotopic (exact) mass is 426 g/mol. The maximum Gasteiger partial charge on any atom is 0.222 e. The van der Waals surface area contributed by atoms with Gasteiger partial charge in [0.1, 0.15) is 24.4 Å². The minimum absolute atomic E-state index is 0.0912. The SMILES string of the molecule is CCOc1ccc([C@H]2C[C@@H](c3ccc(OCc4ccccc4)cc3)n3ncnc3N2)cc1. The number of rotatable bonds is 7. The number of hydrogen-bond donors (Lipinski definition) is 1. The summed E-state index contributed by atoms with van der Waals surface area (Å²) in [6, 6.07) is 27.0. The van der Waals surface area contributed by atoms with Crippen LogP contribution in [0.5, 0.6) is 11.5 Å². The first-order valence-corrected chi connectivity index (χ1v) is 11.0. The topological polar surface area (TPSA) is 61.2 Å². The molecule has 1 aliphatic heterocycles. The van der Waals surface area contributed by atoms with Gasteiger partial charge in [-0.2, -0.15) is 10.1 Å². The summed E-state index contributed by atoms with van der Waals surface area (Å²) in [5, 5.41) is 7.99. The zero-order valence-corrected chi connectivity index (χ0v) is 18.0. The fourth-order valence-corrected chi connectivity index (χ4v) is 4.11. The Balaban J connectivity index is 1.33. The summed E-state index contributed by atoms with van der Waals surface area (Å²) >= 11 is 0. The van der Waals surface area contributed by atoms with E-state index in [2.05, 4.69) is 51.8 Å². The molecular formula is C26H26N4O2. The number of fused-ring (bicyclic) bond motifs is 1. The second-order valence-corrected chi connectivity index (χ2v) is 7.82. The predicted molar refractivity (Wildman–Crippen MR) is 124 cm³/mol. The zero-order valence-electron chi connectivity index (χ0n) is 18.0. The van der Waals surface area contributed by atoms with Crippen LogP contribution < -0.4 is 14.8 Å². The molecule has 162 valence electrons. The van der Waals surface area contributed by atoms with Gasteiger partial charge in [0.2, 0.25) is 5.95 Å². The average Bonchev–Trinajstić information content (AvgIpc) is 3.33. The minimum Gasteiger partial charge on any atom is -0.494 e. The molecule has 5 rings (SSSR count). The first kappa shape index (κ1) is 20.1. The predicted octanol–water partition coefficient (Wildman–Crippen LogP) is 5.40. The highest BCUT2D eigenvalue weighted by Crippen LogP contribution is 2.38. The summed E-state index contributed by atoms with van der Waals surface area (Å²) < 4.78 is 13.5. The standard InChI is InChI=1S/C26H26N4O2/c1-2-31-22-12-8-20(9-13-22)24-16-25(30-26(29-24)27-18-28-30)21-10-14-23(15-11-21)32-17-19-6-4-3-5-7-19/h3-15,18,24-25H,2,16-17H2,1H3,(H,27,28,29)/t24-,25+/m1/s1. The number of nitrogens with zero attached hydrogens (tertiary/aromatic N) is 3. The third kappa shape index (κ3) is 4.30. The van der Waals surface area contributed by atoms with E-state index in [9.17, 15) is 0 Å². The van der Waals surface area contributed by atoms with E-state index in [0.717, 1.165) is 29.4 Å². The van der Waals surface area contributed by atoms with Gasteiger partial charge in [-0.1, -0.05) is 54.6 Å². The molecular weight excluding hydrogens is 400 g/mol. The molecule has 0 amide bonds. The Labute approximate surface area is 187 Å². The van der Waals surface area contributed by atoms with Crippen molar-refractivity contribution in [2.75, 3.05) is 11.9 Å². The van der Waals surface area contributed by atoms with Crippen molar-refractivity contribution in [1.82, 2.24) is 14.8 Å². The van der Waals surface area contributed by atoms with Crippen molar-refractivity contribution in [2.24, 2.45) is 0 Å². The molecule has 6 nitrogen and oxygen atoms in total. The highest BCUT2D eigenvalue weighted by atomic mass is 16.5. The van der Waals surface area contributed by atoms with Crippen LogP contribution in [0.25, 0.3) is 0 Å². The van der Waals surface area contributed by atoms with Gasteiger partial charge in [-0.05, 0) is 54.3 Å². The molecule has 0 spiro atoms. The van der Waals surface area contributed by atoms with Crippen LogP contribution in [0.2, 0.25) is 0 Å². The van der Waals surface area contributed by atoms with Gasteiger partial charge in [0, 0.05) is 0 Å². The molecule has 0 bridgehead atoms. The van der Waals surface area contributed by atoms with Crippen LogP contribution in [0.4, 0.5) is 5.95 Å². The number of nitrogens with one attached hydrogen (secondary N) is 1. The van der Waals surface area contributed by atoms with Crippen molar-refractivity contribution in [1.29, 1.82) is 0 Å². The number of hydrogen-bond acceptors (Lipinski definition) is 5. The number of anilines is 1. The second kappa shape index (κ2) is 9.14. The Morgan fingerprint density at radius 2 is 1.56 bits per heavy atom. The van der Waals surface area contributed by atoms with E-state index in [4.69, 9.17) is 9.47 Å². The van der Waals surface area contributed by atoms with Gasteiger partial charge in [0.25, 0.3) is 0 Å². The Hall–Kier alpha value is -3.80. The van der Waals surface area contributed by atoms with Gasteiger partial charge in [0.15, 0.2) is 0 Å². The lowest BCUT2D eigenvalue weighted by Crippen LogP contribution is -2.28. The molecule has 0 unspecified atom stereocenters. The molecule has 0 aliphatic carbocycles. The lowest BCUT2D eigenvalue weighted by atomic mass is 9.93.